The van der Waals surface area contributed by atoms with E-state index in [2.05, 4.69) is 16.3 Å². The first kappa shape index (κ1) is 16.9. The number of nitrogens with zero attached hydrogens (tertiary/aromatic N) is 3. The fourth-order valence-corrected chi connectivity index (χ4v) is 3.42. The monoisotopic (exact) mass is 500 g/mol. The molecule has 0 unspecified atom stereocenters. The number of hydrogen-bond donors (Lipinski definition) is 3. The van der Waals surface area contributed by atoms with Crippen LogP contribution in [-0.4, -0.2) is 14.8 Å². The number of hydrogen-bond acceptors (Lipinski definition) is 5. The zero-order chi connectivity index (χ0) is 17.1. The van der Waals surface area contributed by atoms with Crippen LogP contribution in [0.1, 0.15) is 16.7 Å². The molecule has 6 N–H and O–H groups in total. The van der Waals surface area contributed by atoms with Gasteiger partial charge in [0, 0.05) is 0 Å². The predicted octanol–water partition coefficient (Wildman–Crippen LogP) is 0.482. The van der Waals surface area contributed by atoms with Gasteiger partial charge in [0.05, 0.1) is 0 Å². The van der Waals surface area contributed by atoms with Crippen LogP contribution in [0.5, 0.6) is 0 Å². The summed E-state index contributed by atoms with van der Waals surface area (Å²) >= 11 is 2.05. The third-order valence-corrected chi connectivity index (χ3v) is 4.69. The van der Waals surface area contributed by atoms with Crippen LogP contribution >= 0.6 is 0 Å². The van der Waals surface area contributed by atoms with E-state index >= 15 is 0 Å². The van der Waals surface area contributed by atoms with Crippen LogP contribution in [0.2, 0.25) is 0 Å². The quantitative estimate of drug-likeness (QED) is 0.473. The molecule has 0 spiro atoms. The molecule has 2 aromatic carbocycles. The van der Waals surface area contributed by atoms with Crippen molar-refractivity contribution in [1.29, 1.82) is 0 Å². The number of nitrogens with two attached hydrogens (primary N) is 3. The molecular formula is C17H19IrN6. The Balaban J connectivity index is 2.24. The third kappa shape index (κ3) is 3.04. The molecule has 1 aromatic heterocycles. The normalized spacial score (nSPS) is 11.0. The van der Waals surface area contributed by atoms with Gasteiger partial charge in [0.1, 0.15) is 0 Å². The topological polar surface area (TPSA) is 109 Å². The molecule has 0 fully saturated rings. The zero-order valence-corrected chi connectivity index (χ0v) is 15.5. The summed E-state index contributed by atoms with van der Waals surface area (Å²) in [6, 6.07) is 12.1. The standard InChI is InChI=1S/C17H19N6.Ir/c18-8-12-4-1-2-7-15(12)17-22-21-11-23(17)16-13(9-19)5-3-6-14(16)10-20;/h2-7,11H,8-10,18-20H2;. The fourth-order valence-electron chi connectivity index (χ4n) is 2.80. The Bertz CT molecular complexity index is 836. The van der Waals surface area contributed by atoms with Crippen LogP contribution < -0.4 is 21.3 Å². The van der Waals surface area contributed by atoms with E-state index in [1.54, 1.807) is 6.33 Å². The van der Waals surface area contributed by atoms with Crippen molar-refractivity contribution in [3.8, 4) is 17.1 Å². The molecular weight excluding hydrogens is 480 g/mol. The average molecular weight is 500 g/mol. The molecule has 0 aliphatic carbocycles. The number of rotatable bonds is 5. The molecule has 0 amide bonds. The predicted molar refractivity (Wildman–Crippen MR) is 90.1 cm³/mol. The summed E-state index contributed by atoms with van der Waals surface area (Å²) in [6.07, 6.45) is 1.70. The van der Waals surface area contributed by atoms with Crippen molar-refractivity contribution < 1.29 is 18.9 Å². The Morgan fingerprint density at radius 3 is 2.21 bits per heavy atom. The number of para-hydroxylation sites is 1. The van der Waals surface area contributed by atoms with E-state index in [0.717, 1.165) is 37.8 Å². The molecule has 3 aromatic rings. The Morgan fingerprint density at radius 1 is 0.917 bits per heavy atom. The van der Waals surface area contributed by atoms with E-state index in [0.29, 0.717) is 19.6 Å². The van der Waals surface area contributed by atoms with Gasteiger partial charge in [-0.25, -0.2) is 0 Å². The van der Waals surface area contributed by atoms with Crippen LogP contribution in [0.4, 0.5) is 0 Å². The summed E-state index contributed by atoms with van der Waals surface area (Å²) < 4.78 is 3.11. The molecule has 0 bridgehead atoms. The van der Waals surface area contributed by atoms with Crippen LogP contribution in [0.25, 0.3) is 17.1 Å². The first-order valence-corrected chi connectivity index (χ1v) is 8.77. The number of aromatic nitrogens is 3. The Hall–Kier alpha value is -1.89. The van der Waals surface area contributed by atoms with E-state index < -0.39 is 0 Å². The fraction of sp³-hybridized carbons (Fsp3) is 0.176. The van der Waals surface area contributed by atoms with Gasteiger partial charge in [-0.3, -0.25) is 0 Å². The van der Waals surface area contributed by atoms with Crippen molar-refractivity contribution in [2.24, 2.45) is 17.2 Å². The van der Waals surface area contributed by atoms with Crippen molar-refractivity contribution in [1.82, 2.24) is 14.8 Å². The van der Waals surface area contributed by atoms with Gasteiger partial charge >= 0.3 is 151 Å². The first-order chi connectivity index (χ1) is 11.7. The molecule has 0 atom stereocenters. The minimum atomic E-state index is 0.415. The molecule has 0 radical (unpaired) electrons. The average Bonchev–Trinajstić information content (AvgIpc) is 3.09. The molecule has 24 heavy (non-hydrogen) atoms. The second-order valence-electron chi connectivity index (χ2n) is 5.34. The van der Waals surface area contributed by atoms with Gasteiger partial charge in [-0.15, -0.1) is 0 Å². The van der Waals surface area contributed by atoms with Crippen molar-refractivity contribution in [3.05, 3.63) is 59.4 Å². The molecule has 126 valence electrons. The van der Waals surface area contributed by atoms with Gasteiger partial charge in [0.2, 0.25) is 0 Å². The second-order valence-corrected chi connectivity index (χ2v) is 6.72. The first-order valence-electron chi connectivity index (χ1n) is 7.57. The van der Waals surface area contributed by atoms with Crippen LogP contribution in [0.15, 0.2) is 42.7 Å². The van der Waals surface area contributed by atoms with E-state index in [-0.39, 0.29) is 0 Å². The van der Waals surface area contributed by atoms with E-state index in [1.165, 1.54) is 0 Å². The van der Waals surface area contributed by atoms with Crippen LogP contribution in [0.3, 0.4) is 0 Å². The van der Waals surface area contributed by atoms with Gasteiger partial charge in [0.25, 0.3) is 0 Å². The summed E-state index contributed by atoms with van der Waals surface area (Å²) in [5.41, 5.74) is 22.7. The second kappa shape index (κ2) is 7.34. The SMILES string of the molecule is NCc1c[c]([Ir])ccc1-c1nncn1-c1c(CN)cccc1CN. The summed E-state index contributed by atoms with van der Waals surface area (Å²) in [5, 5.41) is 8.44. The molecule has 0 saturated carbocycles. The van der Waals surface area contributed by atoms with Crippen molar-refractivity contribution >= 4 is 4.08 Å². The van der Waals surface area contributed by atoms with E-state index in [9.17, 15) is 0 Å². The van der Waals surface area contributed by atoms with Gasteiger partial charge < -0.3 is 0 Å². The van der Waals surface area contributed by atoms with Gasteiger partial charge in [0.15, 0.2) is 0 Å². The summed E-state index contributed by atoms with van der Waals surface area (Å²) in [6.45, 7) is 1.27. The summed E-state index contributed by atoms with van der Waals surface area (Å²) in [5.74, 6) is 0.742. The number of benzene rings is 2. The summed E-state index contributed by atoms with van der Waals surface area (Å²) in [4.78, 5) is 0. The zero-order valence-electron chi connectivity index (χ0n) is 13.1. The van der Waals surface area contributed by atoms with E-state index in [1.807, 2.05) is 53.8 Å². The van der Waals surface area contributed by atoms with E-state index in [4.69, 9.17) is 17.2 Å². The molecule has 1 heterocycles. The van der Waals surface area contributed by atoms with Crippen LogP contribution in [0, 0.1) is 0 Å². The summed E-state index contributed by atoms with van der Waals surface area (Å²) in [7, 11) is 0. The van der Waals surface area contributed by atoms with Crippen LogP contribution in [-0.2, 0) is 38.5 Å². The Kier molecular flexibility index (Phi) is 5.18. The molecule has 6 nitrogen and oxygen atoms in total. The third-order valence-electron chi connectivity index (χ3n) is 3.95. The van der Waals surface area contributed by atoms with Gasteiger partial charge in [-0.05, 0) is 0 Å². The molecule has 0 aliphatic heterocycles. The minimum absolute atomic E-state index is 0.415. The van der Waals surface area contributed by atoms with Crippen molar-refractivity contribution in [2.45, 2.75) is 19.6 Å². The molecule has 7 heteroatoms. The van der Waals surface area contributed by atoms with Crippen molar-refractivity contribution in [2.75, 3.05) is 0 Å². The maximum absolute atomic E-state index is 5.93. The molecule has 0 saturated heterocycles. The Labute approximate surface area is 151 Å². The molecule has 3 rings (SSSR count). The van der Waals surface area contributed by atoms with Gasteiger partial charge in [-0.1, -0.05) is 0 Å². The molecule has 0 aliphatic rings. The van der Waals surface area contributed by atoms with Crippen molar-refractivity contribution in [3.63, 3.8) is 0 Å². The maximum atomic E-state index is 5.93. The Morgan fingerprint density at radius 2 is 1.58 bits per heavy atom. The van der Waals surface area contributed by atoms with Gasteiger partial charge in [-0.2, -0.15) is 0 Å².